The number of hydrogen-bond acceptors (Lipinski definition) is 2. The Hall–Kier alpha value is -1.85. The maximum atomic E-state index is 14.7. The minimum atomic E-state index is -0.834. The Bertz CT molecular complexity index is 839. The van der Waals surface area contributed by atoms with Crippen molar-refractivity contribution in [3.63, 3.8) is 0 Å². The molecule has 0 saturated heterocycles. The summed E-state index contributed by atoms with van der Waals surface area (Å²) in [5, 5.41) is 12.0. The van der Waals surface area contributed by atoms with Crippen molar-refractivity contribution in [3.05, 3.63) is 56.6 Å². The molecule has 2 rings (SSSR count). The van der Waals surface area contributed by atoms with Gasteiger partial charge in [0.1, 0.15) is 11.6 Å². The van der Waals surface area contributed by atoms with Gasteiger partial charge in [-0.2, -0.15) is 0 Å². The number of anilines is 1. The zero-order valence-electron chi connectivity index (χ0n) is 13.9. The van der Waals surface area contributed by atoms with Gasteiger partial charge in [-0.1, -0.05) is 43.1 Å². The zero-order chi connectivity index (χ0) is 18.9. The van der Waals surface area contributed by atoms with Gasteiger partial charge < -0.3 is 10.4 Å². The van der Waals surface area contributed by atoms with Crippen molar-refractivity contribution >= 4 is 34.8 Å². The van der Waals surface area contributed by atoms with E-state index in [1.165, 1.54) is 25.1 Å². The monoisotopic (exact) mass is 387 g/mol. The van der Waals surface area contributed by atoms with E-state index in [-0.39, 0.29) is 50.5 Å². The number of benzene rings is 2. The molecule has 7 heteroatoms. The molecule has 0 fully saturated rings. The molecule has 0 atom stereocenters. The molecule has 0 bridgehead atoms. The van der Waals surface area contributed by atoms with Gasteiger partial charge in [0.05, 0.1) is 10.7 Å². The minimum Gasteiger partial charge on any atom is -0.508 e. The third kappa shape index (κ3) is 4.05. The summed E-state index contributed by atoms with van der Waals surface area (Å²) in [4.78, 5) is 11.1. The maximum absolute atomic E-state index is 14.7. The van der Waals surface area contributed by atoms with Crippen molar-refractivity contribution in [1.82, 2.24) is 0 Å². The number of carbonyl (C=O) groups excluding carboxylic acids is 1. The number of carbonyl (C=O) groups is 1. The first-order chi connectivity index (χ1) is 11.6. The Morgan fingerprint density at radius 3 is 2.44 bits per heavy atom. The van der Waals surface area contributed by atoms with Gasteiger partial charge in [0.2, 0.25) is 5.91 Å². The summed E-state index contributed by atoms with van der Waals surface area (Å²) in [7, 11) is 0. The molecule has 0 unspecified atom stereocenters. The average Bonchev–Trinajstić information content (AvgIpc) is 2.50. The molecule has 0 saturated carbocycles. The summed E-state index contributed by atoms with van der Waals surface area (Å²) < 4.78 is 29.0. The molecular weight excluding hydrogens is 371 g/mol. The lowest BCUT2D eigenvalue weighted by atomic mass is 9.95. The molecule has 1 amide bonds. The van der Waals surface area contributed by atoms with Crippen molar-refractivity contribution in [2.45, 2.75) is 33.1 Å². The molecule has 0 spiro atoms. The van der Waals surface area contributed by atoms with Crippen LogP contribution in [0.4, 0.5) is 14.5 Å². The molecule has 2 aromatic rings. The second-order valence-electron chi connectivity index (χ2n) is 6.00. The summed E-state index contributed by atoms with van der Waals surface area (Å²) in [5.41, 5.74) is 0.478. The van der Waals surface area contributed by atoms with Crippen LogP contribution in [0, 0.1) is 11.6 Å². The van der Waals surface area contributed by atoms with Gasteiger partial charge in [0.25, 0.3) is 0 Å². The third-order valence-electron chi connectivity index (χ3n) is 3.75. The number of rotatable bonds is 4. The Morgan fingerprint density at radius 1 is 1.24 bits per heavy atom. The smallest absolute Gasteiger partial charge is 0.221 e. The number of nitrogens with one attached hydrogen (secondary N) is 1. The van der Waals surface area contributed by atoms with Gasteiger partial charge in [-0.15, -0.1) is 0 Å². The number of aromatic hydroxyl groups is 1. The summed E-state index contributed by atoms with van der Waals surface area (Å²) in [6, 6.07) is 4.03. The van der Waals surface area contributed by atoms with Crippen LogP contribution in [0.2, 0.25) is 10.0 Å². The Kier molecular flexibility index (Phi) is 5.91. The zero-order valence-corrected chi connectivity index (χ0v) is 15.4. The molecule has 0 radical (unpaired) electrons. The van der Waals surface area contributed by atoms with Crippen molar-refractivity contribution in [2.75, 3.05) is 5.32 Å². The highest BCUT2D eigenvalue weighted by Gasteiger charge is 2.21. The van der Waals surface area contributed by atoms with Crippen molar-refractivity contribution in [3.8, 4) is 5.75 Å². The van der Waals surface area contributed by atoms with Crippen molar-refractivity contribution < 1.29 is 18.7 Å². The topological polar surface area (TPSA) is 49.3 Å². The summed E-state index contributed by atoms with van der Waals surface area (Å²) >= 11 is 12.2. The van der Waals surface area contributed by atoms with Gasteiger partial charge in [0.15, 0.2) is 5.82 Å². The summed E-state index contributed by atoms with van der Waals surface area (Å²) in [6.07, 6.45) is -0.0548. The molecular formula is C18H17Cl2F2NO2. The second kappa shape index (κ2) is 7.58. The van der Waals surface area contributed by atoms with E-state index in [9.17, 15) is 18.7 Å². The van der Waals surface area contributed by atoms with Crippen molar-refractivity contribution in [2.24, 2.45) is 0 Å². The van der Waals surface area contributed by atoms with Gasteiger partial charge in [-0.05, 0) is 29.2 Å². The van der Waals surface area contributed by atoms with Crippen LogP contribution < -0.4 is 5.32 Å². The summed E-state index contributed by atoms with van der Waals surface area (Å²) in [6.45, 7) is 4.74. The predicted molar refractivity (Wildman–Crippen MR) is 95.7 cm³/mol. The average molecular weight is 388 g/mol. The molecule has 0 aliphatic carbocycles. The molecule has 0 aromatic heterocycles. The van der Waals surface area contributed by atoms with Crippen molar-refractivity contribution in [1.29, 1.82) is 0 Å². The Morgan fingerprint density at radius 2 is 1.88 bits per heavy atom. The summed E-state index contributed by atoms with van der Waals surface area (Å²) in [5.74, 6) is -2.25. The number of phenols is 1. The third-order valence-corrected chi connectivity index (χ3v) is 4.48. The minimum absolute atomic E-state index is 0.0548. The van der Waals surface area contributed by atoms with Crippen LogP contribution in [0.3, 0.4) is 0 Å². The quantitative estimate of drug-likeness (QED) is 0.665. The van der Waals surface area contributed by atoms with E-state index < -0.39 is 17.5 Å². The number of hydrogen-bond donors (Lipinski definition) is 2. The van der Waals surface area contributed by atoms with E-state index in [1.807, 2.05) is 0 Å². The lowest BCUT2D eigenvalue weighted by molar-refractivity contribution is -0.114. The van der Waals surface area contributed by atoms with E-state index in [0.717, 1.165) is 0 Å². The Labute approximate surface area is 154 Å². The first kappa shape index (κ1) is 19.5. The van der Waals surface area contributed by atoms with Crippen LogP contribution in [0.15, 0.2) is 18.2 Å². The predicted octanol–water partition coefficient (Wildman–Crippen LogP) is 5.65. The lowest BCUT2D eigenvalue weighted by Gasteiger charge is -2.16. The van der Waals surface area contributed by atoms with E-state index in [4.69, 9.17) is 23.2 Å². The lowest BCUT2D eigenvalue weighted by Crippen LogP contribution is -2.09. The molecule has 25 heavy (non-hydrogen) atoms. The Balaban J connectivity index is 2.50. The van der Waals surface area contributed by atoms with Crippen LogP contribution in [0.1, 0.15) is 43.4 Å². The number of amides is 1. The standard InChI is InChI=1S/C18H17Cl2F2NO2/c1-8(2)15-14(25)5-4-10(17(15)21)6-11-12(19)7-13(23-9(3)24)18(22)16(11)20/h4-5,7-8,25H,6H2,1-3H3,(H,23,24). The fourth-order valence-electron chi connectivity index (χ4n) is 2.58. The highest BCUT2D eigenvalue weighted by molar-refractivity contribution is 6.36. The van der Waals surface area contributed by atoms with E-state index >= 15 is 0 Å². The van der Waals surface area contributed by atoms with E-state index in [1.54, 1.807) is 13.8 Å². The number of phenolic OH excluding ortho intramolecular Hbond substituents is 1. The molecule has 3 nitrogen and oxygen atoms in total. The SMILES string of the molecule is CC(=O)Nc1cc(Cl)c(Cc2ccc(O)c(C(C)C)c2F)c(Cl)c1F. The van der Waals surface area contributed by atoms with Gasteiger partial charge in [0, 0.05) is 23.9 Å². The molecule has 0 aliphatic rings. The fourth-order valence-corrected chi connectivity index (χ4v) is 3.17. The van der Waals surface area contributed by atoms with Crippen LogP contribution >= 0.6 is 23.2 Å². The van der Waals surface area contributed by atoms with Gasteiger partial charge >= 0.3 is 0 Å². The molecule has 2 aromatic carbocycles. The van der Waals surface area contributed by atoms with E-state index in [2.05, 4.69) is 5.32 Å². The van der Waals surface area contributed by atoms with Gasteiger partial charge in [-0.3, -0.25) is 4.79 Å². The molecule has 0 aliphatic heterocycles. The first-order valence-electron chi connectivity index (χ1n) is 7.57. The fraction of sp³-hybridized carbons (Fsp3) is 0.278. The van der Waals surface area contributed by atoms with Gasteiger partial charge in [-0.25, -0.2) is 8.78 Å². The number of halogens is 4. The molecule has 2 N–H and O–H groups in total. The molecule has 134 valence electrons. The van der Waals surface area contributed by atoms with E-state index in [0.29, 0.717) is 0 Å². The maximum Gasteiger partial charge on any atom is 0.221 e. The molecule has 0 heterocycles. The van der Waals surface area contributed by atoms with Crippen LogP contribution in [-0.4, -0.2) is 11.0 Å². The largest absolute Gasteiger partial charge is 0.508 e. The van der Waals surface area contributed by atoms with Crippen LogP contribution in [0.25, 0.3) is 0 Å². The highest BCUT2D eigenvalue weighted by Crippen LogP contribution is 2.37. The highest BCUT2D eigenvalue weighted by atomic mass is 35.5. The second-order valence-corrected chi connectivity index (χ2v) is 6.78. The van der Waals surface area contributed by atoms with Crippen LogP contribution in [0.5, 0.6) is 5.75 Å². The normalized spacial score (nSPS) is 11.0. The first-order valence-corrected chi connectivity index (χ1v) is 8.33. The van der Waals surface area contributed by atoms with Crippen LogP contribution in [-0.2, 0) is 11.2 Å².